The maximum Gasteiger partial charge on any atom is 0.243 e. The van der Waals surface area contributed by atoms with Crippen molar-refractivity contribution in [2.45, 2.75) is 50.5 Å². The number of aromatic nitrogens is 3. The summed E-state index contributed by atoms with van der Waals surface area (Å²) >= 11 is 0. The third-order valence-electron chi connectivity index (χ3n) is 5.42. The number of hydrogen-bond donors (Lipinski definition) is 0. The van der Waals surface area contributed by atoms with Gasteiger partial charge in [0, 0.05) is 18.4 Å². The number of rotatable bonds is 4. The lowest BCUT2D eigenvalue weighted by Crippen LogP contribution is -2.36. The number of fused-ring (bicyclic) bond motifs is 1. The van der Waals surface area contributed by atoms with Gasteiger partial charge in [0.25, 0.3) is 0 Å². The number of oxazole rings is 1. The number of hydrogen-bond acceptors (Lipinski definition) is 6. The van der Waals surface area contributed by atoms with E-state index in [1.807, 2.05) is 24.3 Å². The van der Waals surface area contributed by atoms with Gasteiger partial charge in [0.1, 0.15) is 5.52 Å². The first-order chi connectivity index (χ1) is 12.3. The molecule has 1 aromatic carbocycles. The van der Waals surface area contributed by atoms with Crippen LogP contribution in [0.4, 0.5) is 0 Å². The van der Waals surface area contributed by atoms with Crippen LogP contribution in [0.15, 0.2) is 33.2 Å². The van der Waals surface area contributed by atoms with Crippen molar-refractivity contribution < 1.29 is 8.94 Å². The summed E-state index contributed by atoms with van der Waals surface area (Å²) < 4.78 is 11.5. The van der Waals surface area contributed by atoms with Gasteiger partial charge in [0.2, 0.25) is 5.89 Å². The van der Waals surface area contributed by atoms with E-state index in [-0.39, 0.29) is 6.04 Å². The monoisotopic (exact) mass is 338 g/mol. The molecule has 1 saturated heterocycles. The Morgan fingerprint density at radius 1 is 1.12 bits per heavy atom. The summed E-state index contributed by atoms with van der Waals surface area (Å²) in [5, 5.41) is 4.16. The van der Waals surface area contributed by atoms with E-state index in [2.05, 4.69) is 22.0 Å². The Kier molecular flexibility index (Phi) is 3.59. The molecule has 1 aliphatic carbocycles. The van der Waals surface area contributed by atoms with E-state index in [0.29, 0.717) is 11.8 Å². The van der Waals surface area contributed by atoms with E-state index in [0.717, 1.165) is 54.6 Å². The van der Waals surface area contributed by atoms with Crippen LogP contribution >= 0.6 is 0 Å². The predicted molar refractivity (Wildman–Crippen MR) is 92.2 cm³/mol. The van der Waals surface area contributed by atoms with Crippen molar-refractivity contribution in [2.75, 3.05) is 13.1 Å². The topological polar surface area (TPSA) is 68.2 Å². The molecule has 0 spiro atoms. The molecule has 0 N–H and O–H groups in total. The summed E-state index contributed by atoms with van der Waals surface area (Å²) in [5.74, 6) is 3.31. The molecule has 130 valence electrons. The summed E-state index contributed by atoms with van der Waals surface area (Å²) in [7, 11) is 0. The average Bonchev–Trinajstić information content (AvgIpc) is 3.22. The second kappa shape index (κ2) is 5.95. The second-order valence-corrected chi connectivity index (χ2v) is 7.29. The van der Waals surface area contributed by atoms with Gasteiger partial charge < -0.3 is 8.94 Å². The van der Waals surface area contributed by atoms with Gasteiger partial charge in [0.05, 0.1) is 6.04 Å². The second-order valence-electron chi connectivity index (χ2n) is 7.29. The van der Waals surface area contributed by atoms with Crippen molar-refractivity contribution in [1.29, 1.82) is 0 Å². The van der Waals surface area contributed by atoms with E-state index in [1.54, 1.807) is 0 Å². The molecule has 0 radical (unpaired) electrons. The van der Waals surface area contributed by atoms with E-state index in [4.69, 9.17) is 13.9 Å². The van der Waals surface area contributed by atoms with Crippen molar-refractivity contribution in [3.63, 3.8) is 0 Å². The van der Waals surface area contributed by atoms with Crippen LogP contribution in [0.25, 0.3) is 11.1 Å². The highest BCUT2D eigenvalue weighted by molar-refractivity contribution is 5.72. The van der Waals surface area contributed by atoms with Crippen LogP contribution in [0, 0.1) is 0 Å². The van der Waals surface area contributed by atoms with Gasteiger partial charge in [-0.25, -0.2) is 4.98 Å². The Morgan fingerprint density at radius 3 is 2.84 bits per heavy atom. The largest absolute Gasteiger partial charge is 0.440 e. The van der Waals surface area contributed by atoms with Crippen molar-refractivity contribution in [2.24, 2.45) is 0 Å². The number of likely N-dealkylation sites (tertiary alicyclic amines) is 1. The van der Waals surface area contributed by atoms with Gasteiger partial charge in [-0.2, -0.15) is 4.98 Å². The summed E-state index contributed by atoms with van der Waals surface area (Å²) in [4.78, 5) is 11.7. The van der Waals surface area contributed by atoms with E-state index in [1.165, 1.54) is 12.8 Å². The minimum Gasteiger partial charge on any atom is -0.440 e. The van der Waals surface area contributed by atoms with Crippen molar-refractivity contribution >= 4 is 11.1 Å². The van der Waals surface area contributed by atoms with Crippen LogP contribution in [0.5, 0.6) is 0 Å². The lowest BCUT2D eigenvalue weighted by atomic mass is 9.97. The van der Waals surface area contributed by atoms with E-state index < -0.39 is 0 Å². The predicted octanol–water partition coefficient (Wildman–Crippen LogP) is 4.03. The maximum absolute atomic E-state index is 6.00. The molecule has 0 unspecified atom stereocenters. The fourth-order valence-electron chi connectivity index (χ4n) is 3.70. The fourth-order valence-corrected chi connectivity index (χ4v) is 3.70. The summed E-state index contributed by atoms with van der Waals surface area (Å²) in [6.45, 7) is 4.10. The molecule has 25 heavy (non-hydrogen) atoms. The first kappa shape index (κ1) is 15.1. The first-order valence-electron chi connectivity index (χ1n) is 9.21. The van der Waals surface area contributed by atoms with Crippen LogP contribution in [0.2, 0.25) is 0 Å². The van der Waals surface area contributed by atoms with Gasteiger partial charge in [-0.1, -0.05) is 17.3 Å². The molecule has 1 saturated carbocycles. The Balaban J connectivity index is 1.34. The number of nitrogens with zero attached hydrogens (tertiary/aromatic N) is 4. The molecular formula is C19H22N4O2. The fraction of sp³-hybridized carbons (Fsp3) is 0.526. The standard InChI is InChI=1S/C19H22N4O2/c1-12(18-21-17(22-25-18)13-8-9-13)23-10-4-5-14(11-23)19-20-15-6-2-3-7-16(15)24-19/h2-3,6-7,12-14H,4-5,8-11H2,1H3/t12-,14-/m1/s1. The molecule has 3 heterocycles. The molecular weight excluding hydrogens is 316 g/mol. The highest BCUT2D eigenvalue weighted by atomic mass is 16.5. The Bertz CT molecular complexity index is 849. The maximum atomic E-state index is 6.00. The third-order valence-corrected chi connectivity index (χ3v) is 5.42. The van der Waals surface area contributed by atoms with Crippen molar-refractivity contribution in [3.8, 4) is 0 Å². The Labute approximate surface area is 146 Å². The first-order valence-corrected chi connectivity index (χ1v) is 9.21. The van der Waals surface area contributed by atoms with E-state index >= 15 is 0 Å². The zero-order valence-electron chi connectivity index (χ0n) is 14.4. The van der Waals surface area contributed by atoms with Crippen molar-refractivity contribution in [3.05, 3.63) is 41.9 Å². The number of para-hydroxylation sites is 2. The van der Waals surface area contributed by atoms with Crippen molar-refractivity contribution in [1.82, 2.24) is 20.0 Å². The molecule has 2 atom stereocenters. The minimum absolute atomic E-state index is 0.132. The highest BCUT2D eigenvalue weighted by Gasteiger charge is 2.33. The van der Waals surface area contributed by atoms with Gasteiger partial charge in [-0.3, -0.25) is 4.90 Å². The Morgan fingerprint density at radius 2 is 2.00 bits per heavy atom. The van der Waals surface area contributed by atoms with Crippen LogP contribution < -0.4 is 0 Å². The smallest absolute Gasteiger partial charge is 0.243 e. The van der Waals surface area contributed by atoms with E-state index in [9.17, 15) is 0 Å². The molecule has 5 rings (SSSR count). The molecule has 3 aromatic rings. The molecule has 2 fully saturated rings. The molecule has 2 aliphatic rings. The van der Waals surface area contributed by atoms with Crippen LogP contribution in [0.1, 0.15) is 68.1 Å². The van der Waals surface area contributed by atoms with Crippen LogP contribution in [-0.2, 0) is 0 Å². The molecule has 2 aromatic heterocycles. The average molecular weight is 338 g/mol. The van der Waals surface area contributed by atoms with Gasteiger partial charge >= 0.3 is 0 Å². The molecule has 1 aliphatic heterocycles. The third kappa shape index (κ3) is 2.84. The SMILES string of the molecule is C[C@H](c1nc(C2CC2)no1)N1CCC[C@@H](c2nc3ccccc3o2)C1. The zero-order chi connectivity index (χ0) is 16.8. The molecule has 0 amide bonds. The normalized spacial score (nSPS) is 23.2. The summed E-state index contributed by atoms with van der Waals surface area (Å²) in [6.07, 6.45) is 4.61. The molecule has 6 heteroatoms. The highest BCUT2D eigenvalue weighted by Crippen LogP contribution is 2.39. The Hall–Kier alpha value is -2.21. The van der Waals surface area contributed by atoms with Gasteiger partial charge in [-0.05, 0) is 51.3 Å². The summed E-state index contributed by atoms with van der Waals surface area (Å²) in [6, 6.07) is 8.10. The van der Waals surface area contributed by atoms with Gasteiger partial charge in [-0.15, -0.1) is 0 Å². The lowest BCUT2D eigenvalue weighted by Gasteiger charge is -2.34. The van der Waals surface area contributed by atoms with Crippen LogP contribution in [-0.4, -0.2) is 33.1 Å². The quantitative estimate of drug-likeness (QED) is 0.715. The lowest BCUT2D eigenvalue weighted by molar-refractivity contribution is 0.126. The zero-order valence-corrected chi connectivity index (χ0v) is 14.4. The molecule has 0 bridgehead atoms. The minimum atomic E-state index is 0.132. The summed E-state index contributed by atoms with van der Waals surface area (Å²) in [5.41, 5.74) is 1.81. The number of piperidine rings is 1. The molecule has 6 nitrogen and oxygen atoms in total. The van der Waals surface area contributed by atoms with Gasteiger partial charge in [0.15, 0.2) is 17.3 Å². The van der Waals surface area contributed by atoms with Crippen LogP contribution in [0.3, 0.4) is 0 Å². The number of benzene rings is 1.